The van der Waals surface area contributed by atoms with Crippen LogP contribution in [0.1, 0.15) is 12.8 Å². The molecule has 0 aromatic rings. The Hall–Kier alpha value is -0.190. The summed E-state index contributed by atoms with van der Waals surface area (Å²) in [5.41, 5.74) is 0. The maximum atomic E-state index is 13.1. The molecule has 0 aromatic carbocycles. The fourth-order valence-corrected chi connectivity index (χ4v) is 2.09. The number of rotatable bonds is 0. The van der Waals surface area contributed by atoms with Crippen LogP contribution < -0.4 is 5.32 Å². The lowest BCUT2D eigenvalue weighted by Crippen LogP contribution is -2.47. The van der Waals surface area contributed by atoms with E-state index in [-0.39, 0.29) is 12.0 Å². The van der Waals surface area contributed by atoms with Gasteiger partial charge in [-0.15, -0.1) is 0 Å². The maximum absolute atomic E-state index is 13.1. The van der Waals surface area contributed by atoms with Crippen molar-refractivity contribution >= 4 is 0 Å². The Bertz CT molecular complexity index is 153. The number of hydroxylamine groups is 2. The number of piperidine rings is 1. The van der Waals surface area contributed by atoms with Crippen molar-refractivity contribution in [2.75, 3.05) is 13.1 Å². The number of halogens is 1. The van der Waals surface area contributed by atoms with Crippen molar-refractivity contribution in [3.63, 3.8) is 0 Å². The normalized spacial score (nSPS) is 45.8. The van der Waals surface area contributed by atoms with E-state index in [1.807, 2.05) is 0 Å². The van der Waals surface area contributed by atoms with Gasteiger partial charge in [0, 0.05) is 18.5 Å². The van der Waals surface area contributed by atoms with E-state index < -0.39 is 6.30 Å². The van der Waals surface area contributed by atoms with Crippen LogP contribution in [0.2, 0.25) is 0 Å². The maximum Gasteiger partial charge on any atom is 0.155 e. The van der Waals surface area contributed by atoms with Gasteiger partial charge in [-0.2, -0.15) is 5.06 Å². The van der Waals surface area contributed by atoms with Crippen LogP contribution in [-0.2, 0) is 0 Å². The fourth-order valence-electron chi connectivity index (χ4n) is 2.09. The van der Waals surface area contributed by atoms with Crippen LogP contribution in [0.25, 0.3) is 0 Å². The van der Waals surface area contributed by atoms with Gasteiger partial charge in [-0.3, -0.25) is 5.32 Å². The predicted molar refractivity (Wildman–Crippen MR) is 37.9 cm³/mol. The zero-order valence-corrected chi connectivity index (χ0v) is 6.33. The molecule has 0 aromatic heterocycles. The molecule has 0 spiro atoms. The van der Waals surface area contributed by atoms with Gasteiger partial charge in [0.2, 0.25) is 0 Å². The molecule has 3 atom stereocenters. The van der Waals surface area contributed by atoms with E-state index >= 15 is 0 Å². The summed E-state index contributed by atoms with van der Waals surface area (Å²) in [4.78, 5) is 0. The number of hydrogen-bond acceptors (Lipinski definition) is 3. The van der Waals surface area contributed by atoms with Gasteiger partial charge in [-0.1, -0.05) is 0 Å². The van der Waals surface area contributed by atoms with Crippen LogP contribution in [0, 0.1) is 5.92 Å². The number of alkyl halides is 1. The summed E-state index contributed by atoms with van der Waals surface area (Å²) in [5.74, 6) is 0.00810. The van der Waals surface area contributed by atoms with E-state index in [1.54, 1.807) is 0 Å². The third-order valence-electron chi connectivity index (χ3n) is 2.72. The molecule has 0 bridgehead atoms. The van der Waals surface area contributed by atoms with Crippen LogP contribution in [-0.4, -0.2) is 35.7 Å². The van der Waals surface area contributed by atoms with Crippen molar-refractivity contribution in [3.05, 3.63) is 0 Å². The summed E-state index contributed by atoms with van der Waals surface area (Å²) in [7, 11) is 0. The highest BCUT2D eigenvalue weighted by atomic mass is 19.1. The van der Waals surface area contributed by atoms with Crippen LogP contribution >= 0.6 is 0 Å². The Labute approximate surface area is 65.1 Å². The molecule has 0 aliphatic carbocycles. The molecule has 11 heavy (non-hydrogen) atoms. The Kier molecular flexibility index (Phi) is 1.83. The van der Waals surface area contributed by atoms with E-state index in [2.05, 4.69) is 5.32 Å². The molecule has 2 N–H and O–H groups in total. The topological polar surface area (TPSA) is 35.5 Å². The van der Waals surface area contributed by atoms with E-state index in [9.17, 15) is 9.60 Å². The Morgan fingerprint density at radius 2 is 2.27 bits per heavy atom. The second-order valence-electron chi connectivity index (χ2n) is 3.33. The van der Waals surface area contributed by atoms with Crippen molar-refractivity contribution in [2.45, 2.75) is 25.2 Å². The summed E-state index contributed by atoms with van der Waals surface area (Å²) in [5, 5.41) is 13.3. The summed E-state index contributed by atoms with van der Waals surface area (Å²) >= 11 is 0. The monoisotopic (exact) mass is 160 g/mol. The lowest BCUT2D eigenvalue weighted by atomic mass is 9.93. The van der Waals surface area contributed by atoms with Crippen molar-refractivity contribution in [1.29, 1.82) is 0 Å². The van der Waals surface area contributed by atoms with Crippen LogP contribution in [0.15, 0.2) is 0 Å². The molecule has 2 fully saturated rings. The smallest absolute Gasteiger partial charge is 0.155 e. The van der Waals surface area contributed by atoms with Crippen molar-refractivity contribution in [2.24, 2.45) is 5.92 Å². The molecule has 64 valence electrons. The van der Waals surface area contributed by atoms with Gasteiger partial charge in [0.1, 0.15) is 0 Å². The largest absolute Gasteiger partial charge is 0.314 e. The molecule has 3 unspecified atom stereocenters. The van der Waals surface area contributed by atoms with Gasteiger partial charge >= 0.3 is 0 Å². The predicted octanol–water partition coefficient (Wildman–Crippen LogP) is 0.355. The molecule has 2 aliphatic rings. The third kappa shape index (κ3) is 1.15. The highest BCUT2D eigenvalue weighted by Crippen LogP contribution is 2.30. The van der Waals surface area contributed by atoms with Crippen molar-refractivity contribution in [1.82, 2.24) is 10.4 Å². The van der Waals surface area contributed by atoms with Gasteiger partial charge in [-0.25, -0.2) is 4.39 Å². The minimum atomic E-state index is -0.911. The minimum absolute atomic E-state index is 0.00810. The first-order chi connectivity index (χ1) is 5.29. The molecular formula is C7H13FN2O. The molecule has 2 rings (SSSR count). The standard InChI is InChI=1S/C7H13FN2O/c8-7-5-2-4-10(11)6(5)1-3-9-7/h5-7,9,11H,1-4H2. The second kappa shape index (κ2) is 2.69. The van der Waals surface area contributed by atoms with Gasteiger partial charge in [0.05, 0.1) is 0 Å². The number of nitrogens with one attached hydrogen (secondary N) is 1. The van der Waals surface area contributed by atoms with Gasteiger partial charge in [0.15, 0.2) is 6.30 Å². The first kappa shape index (κ1) is 7.46. The van der Waals surface area contributed by atoms with E-state index in [4.69, 9.17) is 0 Å². The van der Waals surface area contributed by atoms with E-state index in [1.165, 1.54) is 5.06 Å². The molecule has 2 saturated heterocycles. The van der Waals surface area contributed by atoms with E-state index in [0.29, 0.717) is 13.1 Å². The highest BCUT2D eigenvalue weighted by Gasteiger charge is 2.40. The van der Waals surface area contributed by atoms with Crippen LogP contribution in [0.3, 0.4) is 0 Å². The summed E-state index contributed by atoms with van der Waals surface area (Å²) in [6.45, 7) is 1.30. The molecule has 0 saturated carbocycles. The number of hydrogen-bond donors (Lipinski definition) is 2. The molecule has 2 aliphatic heterocycles. The molecule has 0 radical (unpaired) electrons. The summed E-state index contributed by atoms with van der Waals surface area (Å²) < 4.78 is 13.1. The van der Waals surface area contributed by atoms with Gasteiger partial charge in [0.25, 0.3) is 0 Å². The highest BCUT2D eigenvalue weighted by molar-refractivity contribution is 4.90. The Balaban J connectivity index is 2.07. The third-order valence-corrected chi connectivity index (χ3v) is 2.72. The average Bonchev–Trinajstić information content (AvgIpc) is 2.35. The molecule has 3 nitrogen and oxygen atoms in total. The quantitative estimate of drug-likeness (QED) is 0.502. The minimum Gasteiger partial charge on any atom is -0.314 e. The average molecular weight is 160 g/mol. The van der Waals surface area contributed by atoms with E-state index in [0.717, 1.165) is 12.8 Å². The Morgan fingerprint density at radius 3 is 3.00 bits per heavy atom. The molecule has 0 amide bonds. The summed E-state index contributed by atoms with van der Waals surface area (Å²) in [6.07, 6.45) is 0.725. The fraction of sp³-hybridized carbons (Fsp3) is 1.00. The van der Waals surface area contributed by atoms with Gasteiger partial charge in [-0.05, 0) is 19.4 Å². The molecular weight excluding hydrogens is 147 g/mol. The number of nitrogens with zero attached hydrogens (tertiary/aromatic N) is 1. The van der Waals surface area contributed by atoms with Gasteiger partial charge < -0.3 is 5.21 Å². The Morgan fingerprint density at radius 1 is 1.45 bits per heavy atom. The molecule has 4 heteroatoms. The first-order valence-corrected chi connectivity index (χ1v) is 4.12. The summed E-state index contributed by atoms with van der Waals surface area (Å²) in [6, 6.07) is 0.0613. The SMILES string of the molecule is ON1CCC2C(F)NCCC21. The number of fused-ring (bicyclic) bond motifs is 1. The van der Waals surface area contributed by atoms with Crippen molar-refractivity contribution in [3.8, 4) is 0 Å². The lowest BCUT2D eigenvalue weighted by molar-refractivity contribution is -0.120. The van der Waals surface area contributed by atoms with Crippen LogP contribution in [0.5, 0.6) is 0 Å². The zero-order valence-electron chi connectivity index (χ0n) is 6.33. The first-order valence-electron chi connectivity index (χ1n) is 4.12. The molecule has 2 heterocycles. The lowest BCUT2D eigenvalue weighted by Gasteiger charge is -2.31. The zero-order chi connectivity index (χ0) is 7.84. The van der Waals surface area contributed by atoms with Crippen molar-refractivity contribution < 1.29 is 9.60 Å². The van der Waals surface area contributed by atoms with Crippen LogP contribution in [0.4, 0.5) is 4.39 Å². The second-order valence-corrected chi connectivity index (χ2v) is 3.33.